The van der Waals surface area contributed by atoms with Gasteiger partial charge in [-0.3, -0.25) is 0 Å². The summed E-state index contributed by atoms with van der Waals surface area (Å²) in [5, 5.41) is 18.9. The minimum absolute atomic E-state index is 0.738. The number of hydrogen-bond acceptors (Lipinski definition) is 1. The first-order valence-electron chi connectivity index (χ1n) is 18.2. The van der Waals surface area contributed by atoms with Crippen LogP contribution in [-0.2, 0) is 0 Å². The van der Waals surface area contributed by atoms with Crippen molar-refractivity contribution in [3.8, 4) is 33.6 Å². The van der Waals surface area contributed by atoms with Crippen LogP contribution in [0.1, 0.15) is 11.8 Å². The van der Waals surface area contributed by atoms with E-state index in [2.05, 4.69) is 177 Å². The molecule has 1 unspecified atom stereocenters. The summed E-state index contributed by atoms with van der Waals surface area (Å²) in [7, 11) is 0. The molecule has 4 heteroatoms. The molecule has 1 aliphatic rings. The fraction of sp³-hybridized carbons (Fsp3) is 0.0204. The highest BCUT2D eigenvalue weighted by atomic mass is 16.3. The van der Waals surface area contributed by atoms with Crippen LogP contribution in [0, 0.1) is 0 Å². The van der Waals surface area contributed by atoms with E-state index in [9.17, 15) is 5.11 Å². The maximum absolute atomic E-state index is 11.7. The van der Waals surface area contributed by atoms with E-state index in [1.54, 1.807) is 0 Å². The Morgan fingerprint density at radius 3 is 1.91 bits per heavy atom. The second-order valence-electron chi connectivity index (χ2n) is 14.2. The monoisotopic (exact) mass is 677 g/mol. The minimum atomic E-state index is -0.738. The van der Waals surface area contributed by atoms with Gasteiger partial charge in [-0.15, -0.1) is 0 Å². The van der Waals surface area contributed by atoms with Crippen molar-refractivity contribution in [1.82, 2.24) is 13.7 Å². The van der Waals surface area contributed by atoms with Gasteiger partial charge in [0.05, 0.1) is 33.1 Å². The van der Waals surface area contributed by atoms with Crippen LogP contribution in [0.15, 0.2) is 176 Å². The number of hydrogen-bond donors (Lipinski definition) is 1. The zero-order valence-electron chi connectivity index (χ0n) is 28.6. The Kier molecular flexibility index (Phi) is 5.74. The Morgan fingerprint density at radius 2 is 1.02 bits per heavy atom. The second-order valence-corrected chi connectivity index (χ2v) is 14.2. The van der Waals surface area contributed by atoms with Crippen LogP contribution in [0.5, 0.6) is 0 Å². The second kappa shape index (κ2) is 10.6. The lowest BCUT2D eigenvalue weighted by Crippen LogP contribution is -2.14. The molecule has 0 fully saturated rings. The molecule has 11 aromatic rings. The summed E-state index contributed by atoms with van der Waals surface area (Å²) in [4.78, 5) is 0. The molecule has 4 nitrogen and oxygen atoms in total. The molecule has 53 heavy (non-hydrogen) atoms. The van der Waals surface area contributed by atoms with E-state index in [1.807, 2.05) is 12.1 Å². The Hall–Kier alpha value is -6.88. The zero-order valence-corrected chi connectivity index (χ0v) is 28.6. The third kappa shape index (κ3) is 3.82. The molecule has 1 aliphatic heterocycles. The van der Waals surface area contributed by atoms with Crippen molar-refractivity contribution in [2.24, 2.45) is 0 Å². The molecule has 0 aliphatic carbocycles. The molecular weight excluding hydrogens is 647 g/mol. The molecule has 0 saturated carbocycles. The van der Waals surface area contributed by atoms with Crippen LogP contribution < -0.4 is 0 Å². The molecule has 1 N–H and O–H groups in total. The van der Waals surface area contributed by atoms with Gasteiger partial charge in [0.15, 0.2) is 6.23 Å². The van der Waals surface area contributed by atoms with E-state index in [0.29, 0.717) is 0 Å². The van der Waals surface area contributed by atoms with Gasteiger partial charge in [0.25, 0.3) is 0 Å². The summed E-state index contributed by atoms with van der Waals surface area (Å²) in [6.45, 7) is 0. The molecule has 0 saturated heterocycles. The number of aromatic nitrogens is 3. The van der Waals surface area contributed by atoms with E-state index in [-0.39, 0.29) is 0 Å². The molecular formula is C49H31N3O. The van der Waals surface area contributed by atoms with Gasteiger partial charge in [0.1, 0.15) is 0 Å². The van der Waals surface area contributed by atoms with Crippen molar-refractivity contribution in [2.75, 3.05) is 0 Å². The topological polar surface area (TPSA) is 35.0 Å². The molecule has 3 aromatic heterocycles. The molecule has 0 spiro atoms. The van der Waals surface area contributed by atoms with Crippen molar-refractivity contribution in [3.63, 3.8) is 0 Å². The van der Waals surface area contributed by atoms with Gasteiger partial charge in [-0.1, -0.05) is 121 Å². The standard InChI is InChI=1S/C49H31N3O/c53-49-39-18-5-4-16-34(39)36-20-11-21-37-41-29-31(24-26-44(41)52(49)47(36)37)30-12-10-15-33(28-30)50-43-23-9-7-19-40(43)46-45(50)27-25-38-35-17-6-8-22-42(35)51(48(38)46)32-13-2-1-3-14-32/h1-29,49,53H. The fourth-order valence-corrected chi connectivity index (χ4v) is 9.32. The van der Waals surface area contributed by atoms with Crippen molar-refractivity contribution in [3.05, 3.63) is 181 Å². The van der Waals surface area contributed by atoms with Crippen LogP contribution in [-0.4, -0.2) is 18.8 Å². The van der Waals surface area contributed by atoms with Gasteiger partial charge in [0, 0.05) is 54.8 Å². The highest BCUT2D eigenvalue weighted by Crippen LogP contribution is 2.46. The Balaban J connectivity index is 1.09. The number of aliphatic hydroxyl groups excluding tert-OH is 1. The van der Waals surface area contributed by atoms with Crippen LogP contribution in [0.2, 0.25) is 0 Å². The smallest absolute Gasteiger partial charge is 0.158 e. The lowest BCUT2D eigenvalue weighted by Gasteiger charge is -2.25. The van der Waals surface area contributed by atoms with E-state index in [0.717, 1.165) is 61.0 Å². The molecule has 0 amide bonds. The highest BCUT2D eigenvalue weighted by molar-refractivity contribution is 6.26. The first-order valence-corrected chi connectivity index (χ1v) is 18.2. The summed E-state index contributed by atoms with van der Waals surface area (Å²) in [6.07, 6.45) is -0.738. The quantitative estimate of drug-likeness (QED) is 0.198. The largest absolute Gasteiger partial charge is 0.369 e. The normalized spacial score (nSPS) is 13.9. The van der Waals surface area contributed by atoms with Crippen LogP contribution in [0.25, 0.3) is 99.0 Å². The number of para-hydroxylation sites is 4. The van der Waals surface area contributed by atoms with E-state index < -0.39 is 6.23 Å². The summed E-state index contributed by atoms with van der Waals surface area (Å²) in [5.41, 5.74) is 14.7. The lowest BCUT2D eigenvalue weighted by molar-refractivity contribution is 0.155. The van der Waals surface area contributed by atoms with Crippen LogP contribution >= 0.6 is 0 Å². The predicted molar refractivity (Wildman–Crippen MR) is 219 cm³/mol. The Labute approximate surface area is 304 Å². The first-order chi connectivity index (χ1) is 26.2. The lowest BCUT2D eigenvalue weighted by atomic mass is 9.94. The number of rotatable bonds is 3. The van der Waals surface area contributed by atoms with E-state index in [1.165, 1.54) is 43.6 Å². The average Bonchev–Trinajstić information content (AvgIpc) is 3.86. The summed E-state index contributed by atoms with van der Waals surface area (Å²) in [5.74, 6) is 0. The van der Waals surface area contributed by atoms with Crippen molar-refractivity contribution in [2.45, 2.75) is 6.23 Å². The summed E-state index contributed by atoms with van der Waals surface area (Å²) in [6, 6.07) is 63.2. The van der Waals surface area contributed by atoms with Crippen molar-refractivity contribution < 1.29 is 5.11 Å². The van der Waals surface area contributed by atoms with Crippen LogP contribution in [0.3, 0.4) is 0 Å². The van der Waals surface area contributed by atoms with Gasteiger partial charge in [-0.05, 0) is 71.3 Å². The van der Waals surface area contributed by atoms with Crippen molar-refractivity contribution >= 4 is 65.4 Å². The van der Waals surface area contributed by atoms with Gasteiger partial charge < -0.3 is 18.8 Å². The maximum Gasteiger partial charge on any atom is 0.158 e. The maximum atomic E-state index is 11.7. The predicted octanol–water partition coefficient (Wildman–Crippen LogP) is 12.2. The van der Waals surface area contributed by atoms with E-state index >= 15 is 0 Å². The van der Waals surface area contributed by atoms with E-state index in [4.69, 9.17) is 0 Å². The molecule has 0 bridgehead atoms. The molecule has 8 aromatic carbocycles. The fourth-order valence-electron chi connectivity index (χ4n) is 9.32. The SMILES string of the molecule is OC1c2ccccc2-c2cccc3c4cc(-c5cccc(-n6c7ccccc7c7c6ccc6c8ccccc8n(-c8ccccc8)c67)c5)ccc4n1c23. The van der Waals surface area contributed by atoms with Crippen molar-refractivity contribution in [1.29, 1.82) is 0 Å². The van der Waals surface area contributed by atoms with Gasteiger partial charge >= 0.3 is 0 Å². The number of nitrogens with zero attached hydrogens (tertiary/aromatic N) is 3. The molecule has 4 heterocycles. The molecule has 248 valence electrons. The number of aliphatic hydroxyl groups is 1. The summed E-state index contributed by atoms with van der Waals surface area (Å²) >= 11 is 0. The Bertz CT molecular complexity index is 3310. The first kappa shape index (κ1) is 28.8. The van der Waals surface area contributed by atoms with Gasteiger partial charge in [-0.2, -0.15) is 0 Å². The zero-order chi connectivity index (χ0) is 34.8. The minimum Gasteiger partial charge on any atom is -0.369 e. The number of fused-ring (bicyclic) bond motifs is 12. The molecule has 0 radical (unpaired) electrons. The summed E-state index contributed by atoms with van der Waals surface area (Å²) < 4.78 is 6.97. The Morgan fingerprint density at radius 1 is 0.377 bits per heavy atom. The third-order valence-electron chi connectivity index (χ3n) is 11.5. The molecule has 12 rings (SSSR count). The highest BCUT2D eigenvalue weighted by Gasteiger charge is 2.28. The van der Waals surface area contributed by atoms with Gasteiger partial charge in [-0.25, -0.2) is 0 Å². The third-order valence-corrected chi connectivity index (χ3v) is 11.5. The molecule has 1 atom stereocenters. The average molecular weight is 678 g/mol. The van der Waals surface area contributed by atoms with Crippen LogP contribution in [0.4, 0.5) is 0 Å². The number of benzene rings is 8. The van der Waals surface area contributed by atoms with Gasteiger partial charge in [0.2, 0.25) is 0 Å².